The highest BCUT2D eigenvalue weighted by molar-refractivity contribution is 6.26. The van der Waals surface area contributed by atoms with E-state index in [1.54, 1.807) is 0 Å². The summed E-state index contributed by atoms with van der Waals surface area (Å²) in [4.78, 5) is 2.54. The monoisotopic (exact) mass is 671 g/mol. The Labute approximate surface area is 307 Å². The molecular formula is C51H45N. The van der Waals surface area contributed by atoms with E-state index >= 15 is 0 Å². The van der Waals surface area contributed by atoms with Gasteiger partial charge in [0.1, 0.15) is 0 Å². The van der Waals surface area contributed by atoms with E-state index in [0.29, 0.717) is 5.92 Å². The van der Waals surface area contributed by atoms with Gasteiger partial charge in [0.25, 0.3) is 0 Å². The van der Waals surface area contributed by atoms with Crippen molar-refractivity contribution in [3.63, 3.8) is 0 Å². The Bertz CT molecular complexity index is 2750. The fraction of sp³-hybridized carbons (Fsp3) is 0.216. The van der Waals surface area contributed by atoms with Crippen LogP contribution in [0.3, 0.4) is 0 Å². The lowest BCUT2D eigenvalue weighted by atomic mass is 9.80. The molecule has 0 bridgehead atoms. The maximum absolute atomic E-state index is 2.54. The van der Waals surface area contributed by atoms with Gasteiger partial charge >= 0.3 is 0 Å². The van der Waals surface area contributed by atoms with E-state index < -0.39 is 0 Å². The van der Waals surface area contributed by atoms with Crippen LogP contribution >= 0.6 is 0 Å². The van der Waals surface area contributed by atoms with Gasteiger partial charge in [-0.2, -0.15) is 0 Å². The number of hydrogen-bond donors (Lipinski definition) is 0. The molecule has 0 aromatic heterocycles. The predicted octanol–water partition coefficient (Wildman–Crippen LogP) is 14.4. The van der Waals surface area contributed by atoms with Crippen molar-refractivity contribution < 1.29 is 0 Å². The van der Waals surface area contributed by atoms with E-state index in [1.807, 2.05) is 0 Å². The molecule has 0 aliphatic heterocycles. The molecule has 1 nitrogen and oxygen atoms in total. The Morgan fingerprint density at radius 3 is 1.87 bits per heavy atom. The highest BCUT2D eigenvalue weighted by Crippen LogP contribution is 2.56. The quantitative estimate of drug-likeness (QED) is 0.168. The van der Waals surface area contributed by atoms with E-state index in [4.69, 9.17) is 0 Å². The highest BCUT2D eigenvalue weighted by atomic mass is 15.1. The lowest BCUT2D eigenvalue weighted by molar-refractivity contribution is 0.660. The number of aryl methyl sites for hydroxylation is 2. The molecule has 0 N–H and O–H groups in total. The van der Waals surface area contributed by atoms with Gasteiger partial charge in [0, 0.05) is 22.2 Å². The van der Waals surface area contributed by atoms with Gasteiger partial charge in [0.2, 0.25) is 0 Å². The molecule has 0 unspecified atom stereocenters. The summed E-state index contributed by atoms with van der Waals surface area (Å²) >= 11 is 0. The van der Waals surface area contributed by atoms with Crippen molar-refractivity contribution in [2.75, 3.05) is 4.90 Å². The summed E-state index contributed by atoms with van der Waals surface area (Å²) in [5, 5.41) is 8.10. The van der Waals surface area contributed by atoms with Crippen molar-refractivity contribution in [2.24, 2.45) is 0 Å². The molecule has 52 heavy (non-hydrogen) atoms. The number of rotatable bonds is 4. The summed E-state index contributed by atoms with van der Waals surface area (Å²) < 4.78 is 0. The van der Waals surface area contributed by atoms with Crippen molar-refractivity contribution in [2.45, 2.75) is 72.1 Å². The molecule has 0 spiro atoms. The van der Waals surface area contributed by atoms with Crippen LogP contribution in [-0.4, -0.2) is 0 Å². The second-order valence-corrected chi connectivity index (χ2v) is 16.9. The molecule has 0 saturated carbocycles. The third-order valence-electron chi connectivity index (χ3n) is 12.8. The van der Waals surface area contributed by atoms with Crippen LogP contribution in [0, 0.1) is 13.8 Å². The van der Waals surface area contributed by atoms with E-state index in [9.17, 15) is 0 Å². The van der Waals surface area contributed by atoms with Gasteiger partial charge < -0.3 is 4.90 Å². The summed E-state index contributed by atoms with van der Waals surface area (Å²) in [6.07, 6.45) is 0. The molecule has 0 saturated heterocycles. The molecular weight excluding hydrogens is 627 g/mol. The summed E-state index contributed by atoms with van der Waals surface area (Å²) in [5.74, 6) is 0.469. The molecule has 0 amide bonds. The van der Waals surface area contributed by atoms with Gasteiger partial charge in [-0.15, -0.1) is 0 Å². The maximum Gasteiger partial charge on any atom is 0.0520 e. The molecule has 0 radical (unpaired) electrons. The second-order valence-electron chi connectivity index (χ2n) is 16.9. The van der Waals surface area contributed by atoms with Crippen LogP contribution in [0.25, 0.3) is 54.6 Å². The molecule has 2 aliphatic rings. The average Bonchev–Trinajstić information content (AvgIpc) is 3.50. The Kier molecular flexibility index (Phi) is 6.38. The number of benzene rings is 8. The van der Waals surface area contributed by atoms with Crippen LogP contribution in [0.15, 0.2) is 121 Å². The van der Waals surface area contributed by atoms with E-state index in [1.165, 1.54) is 111 Å². The molecule has 2 aliphatic carbocycles. The minimum absolute atomic E-state index is 0.0340. The molecule has 10 rings (SSSR count). The van der Waals surface area contributed by atoms with Crippen molar-refractivity contribution in [3.8, 4) is 22.3 Å². The third-order valence-corrected chi connectivity index (χ3v) is 12.8. The maximum atomic E-state index is 2.54. The van der Waals surface area contributed by atoms with Crippen LogP contribution < -0.4 is 4.90 Å². The summed E-state index contributed by atoms with van der Waals surface area (Å²) in [5.41, 5.74) is 18.5. The Morgan fingerprint density at radius 1 is 0.481 bits per heavy atom. The van der Waals surface area contributed by atoms with Crippen molar-refractivity contribution in [1.82, 2.24) is 0 Å². The van der Waals surface area contributed by atoms with Gasteiger partial charge in [-0.25, -0.2) is 0 Å². The summed E-state index contributed by atoms with van der Waals surface area (Å²) in [6.45, 7) is 18.7. The normalized spacial score (nSPS) is 15.0. The molecule has 8 aromatic rings. The fourth-order valence-electron chi connectivity index (χ4n) is 10.1. The van der Waals surface area contributed by atoms with E-state index in [2.05, 4.69) is 182 Å². The Morgan fingerprint density at radius 2 is 1.12 bits per heavy atom. The first-order valence-corrected chi connectivity index (χ1v) is 19.0. The highest BCUT2D eigenvalue weighted by Gasteiger charge is 2.39. The van der Waals surface area contributed by atoms with Crippen molar-refractivity contribution in [3.05, 3.63) is 160 Å². The number of hydrogen-bond acceptors (Lipinski definition) is 1. The minimum atomic E-state index is -0.163. The van der Waals surface area contributed by atoms with Crippen LogP contribution in [0.5, 0.6) is 0 Å². The van der Waals surface area contributed by atoms with Gasteiger partial charge in [-0.1, -0.05) is 133 Å². The van der Waals surface area contributed by atoms with Gasteiger partial charge in [0.15, 0.2) is 0 Å². The van der Waals surface area contributed by atoms with Gasteiger partial charge in [-0.05, 0) is 144 Å². The smallest absolute Gasteiger partial charge is 0.0520 e. The van der Waals surface area contributed by atoms with E-state index in [0.717, 1.165) is 0 Å². The molecule has 254 valence electrons. The van der Waals surface area contributed by atoms with E-state index in [-0.39, 0.29) is 10.8 Å². The Balaban J connectivity index is 1.21. The van der Waals surface area contributed by atoms with Crippen LogP contribution in [0.2, 0.25) is 0 Å². The Hall–Kier alpha value is -5.40. The van der Waals surface area contributed by atoms with Gasteiger partial charge in [0.05, 0.1) is 5.69 Å². The number of anilines is 3. The van der Waals surface area contributed by atoms with Crippen LogP contribution in [-0.2, 0) is 10.8 Å². The fourth-order valence-corrected chi connectivity index (χ4v) is 10.1. The predicted molar refractivity (Wildman–Crippen MR) is 224 cm³/mol. The summed E-state index contributed by atoms with van der Waals surface area (Å²) in [6, 6.07) is 46.8. The zero-order valence-corrected chi connectivity index (χ0v) is 31.6. The SMILES string of the molecule is Cc1cc(C(C)C)cc(C)c1N(c1ccc2c(c1)-c1ccccc1C2(C)C)c1ccc2c(c1)C(C)(C)c1cc3ccc4cccc5ccc(c1-2)c3c45. The summed E-state index contributed by atoms with van der Waals surface area (Å²) in [7, 11) is 0. The lowest BCUT2D eigenvalue weighted by Gasteiger charge is -2.31. The van der Waals surface area contributed by atoms with Crippen molar-refractivity contribution in [1.29, 1.82) is 0 Å². The average molecular weight is 672 g/mol. The lowest BCUT2D eigenvalue weighted by Crippen LogP contribution is -2.18. The minimum Gasteiger partial charge on any atom is -0.310 e. The van der Waals surface area contributed by atoms with Crippen molar-refractivity contribution >= 4 is 49.4 Å². The van der Waals surface area contributed by atoms with Crippen LogP contribution in [0.1, 0.15) is 86.4 Å². The molecule has 0 atom stereocenters. The molecule has 0 fully saturated rings. The topological polar surface area (TPSA) is 3.24 Å². The standard InChI is InChI=1S/C51H45N/c1-29(2)35-24-30(3)49(31(4)25-35)52(36-20-23-43-41(27-36)38-14-9-10-15-42(38)50(43,5)6)37-19-22-39-44(28-37)51(7,8)45-26-34-17-16-32-12-11-13-33-18-21-40(48(39)45)47(34)46(32)33/h9-29H,1-8H3. The molecule has 1 heteroatoms. The number of nitrogens with zero attached hydrogens (tertiary/aromatic N) is 1. The largest absolute Gasteiger partial charge is 0.310 e. The zero-order chi connectivity index (χ0) is 35.8. The zero-order valence-electron chi connectivity index (χ0n) is 31.6. The first kappa shape index (κ1) is 31.3. The third kappa shape index (κ3) is 4.11. The first-order valence-electron chi connectivity index (χ1n) is 19.0. The number of fused-ring (bicyclic) bond motifs is 7. The first-order chi connectivity index (χ1) is 24.9. The molecule has 0 heterocycles. The van der Waals surface area contributed by atoms with Gasteiger partial charge in [-0.3, -0.25) is 0 Å². The van der Waals surface area contributed by atoms with Crippen LogP contribution in [0.4, 0.5) is 17.1 Å². The second kappa shape index (κ2) is 10.6. The molecule has 8 aromatic carbocycles.